The van der Waals surface area contributed by atoms with Crippen LogP contribution in [0.5, 0.6) is 0 Å². The van der Waals surface area contributed by atoms with Crippen molar-refractivity contribution in [1.82, 2.24) is 4.98 Å². The van der Waals surface area contributed by atoms with Gasteiger partial charge in [-0.25, -0.2) is 4.98 Å². The Morgan fingerprint density at radius 1 is 1.06 bits per heavy atom. The molecule has 0 spiro atoms. The highest BCUT2D eigenvalue weighted by Gasteiger charge is 2.19. The minimum atomic E-state index is -0.132. The van der Waals surface area contributed by atoms with Gasteiger partial charge in [0.1, 0.15) is 5.82 Å². The fourth-order valence-corrected chi connectivity index (χ4v) is 2.03. The maximum absolute atomic E-state index is 12.1. The number of benzene rings is 1. The molecule has 1 aliphatic rings. The lowest BCUT2D eigenvalue weighted by atomic mass is 10.1. The van der Waals surface area contributed by atoms with E-state index in [1.807, 2.05) is 26.0 Å². The van der Waals surface area contributed by atoms with Crippen LogP contribution in [0.2, 0.25) is 0 Å². The molecule has 4 nitrogen and oxygen atoms in total. The van der Waals surface area contributed by atoms with E-state index in [1.165, 1.54) is 5.56 Å². The molecule has 0 bridgehead atoms. The van der Waals surface area contributed by atoms with Crippen molar-refractivity contribution >= 4 is 23.1 Å². The van der Waals surface area contributed by atoms with Crippen LogP contribution in [0.15, 0.2) is 30.5 Å². The molecule has 1 aromatic carbocycles. The van der Waals surface area contributed by atoms with Crippen molar-refractivity contribution in [3.05, 3.63) is 47.2 Å². The maximum Gasteiger partial charge on any atom is 0.259 e. The number of fused-ring (bicyclic) bond motifs is 2. The molecule has 90 valence electrons. The predicted molar refractivity (Wildman–Crippen MR) is 71.4 cm³/mol. The number of aromatic nitrogens is 1. The average molecular weight is 239 g/mol. The molecule has 2 heterocycles. The summed E-state index contributed by atoms with van der Waals surface area (Å²) in [4.78, 5) is 16.3. The Balaban J connectivity index is 2.18. The standard InChI is InChI=1S/C14H13N3O/c1-8-6-11-12(7-9(8)2)17-14(18)10-4-3-5-15-13(10)16-11/h3-7H,1-2H3,(H,15,16)(H,17,18). The van der Waals surface area contributed by atoms with Crippen LogP contribution in [0.4, 0.5) is 17.2 Å². The highest BCUT2D eigenvalue weighted by molar-refractivity contribution is 6.11. The molecule has 2 aromatic rings. The van der Waals surface area contributed by atoms with Gasteiger partial charge in [-0.1, -0.05) is 0 Å². The summed E-state index contributed by atoms with van der Waals surface area (Å²) in [6.45, 7) is 4.07. The number of rotatable bonds is 0. The van der Waals surface area contributed by atoms with Crippen LogP contribution in [-0.2, 0) is 0 Å². The molecule has 0 saturated heterocycles. The average Bonchev–Trinajstić information content (AvgIpc) is 2.48. The van der Waals surface area contributed by atoms with Gasteiger partial charge in [-0.2, -0.15) is 0 Å². The van der Waals surface area contributed by atoms with Crippen molar-refractivity contribution in [2.45, 2.75) is 13.8 Å². The number of nitrogens with one attached hydrogen (secondary N) is 2. The Kier molecular flexibility index (Phi) is 2.30. The molecule has 2 N–H and O–H groups in total. The largest absolute Gasteiger partial charge is 0.338 e. The Hall–Kier alpha value is -2.36. The zero-order valence-electron chi connectivity index (χ0n) is 10.2. The lowest BCUT2D eigenvalue weighted by Crippen LogP contribution is -2.11. The highest BCUT2D eigenvalue weighted by Crippen LogP contribution is 2.32. The molecule has 3 rings (SSSR count). The Morgan fingerprint density at radius 3 is 2.44 bits per heavy atom. The summed E-state index contributed by atoms with van der Waals surface area (Å²) >= 11 is 0. The smallest absolute Gasteiger partial charge is 0.259 e. The topological polar surface area (TPSA) is 54.0 Å². The van der Waals surface area contributed by atoms with E-state index in [0.29, 0.717) is 11.4 Å². The van der Waals surface area contributed by atoms with E-state index in [9.17, 15) is 4.79 Å². The minimum Gasteiger partial charge on any atom is -0.338 e. The van der Waals surface area contributed by atoms with Gasteiger partial charge in [0.25, 0.3) is 5.91 Å². The Labute approximate surface area is 105 Å². The normalized spacial score (nSPS) is 12.9. The molecule has 0 fully saturated rings. The summed E-state index contributed by atoms with van der Waals surface area (Å²) in [6.07, 6.45) is 1.67. The summed E-state index contributed by atoms with van der Waals surface area (Å²) in [5, 5.41) is 6.11. The van der Waals surface area contributed by atoms with E-state index in [4.69, 9.17) is 0 Å². The van der Waals surface area contributed by atoms with Crippen molar-refractivity contribution in [2.24, 2.45) is 0 Å². The zero-order valence-corrected chi connectivity index (χ0v) is 10.2. The SMILES string of the molecule is Cc1cc2c(cc1C)Nc1ncccc1C(=O)N2. The molecule has 0 aliphatic carbocycles. The van der Waals surface area contributed by atoms with Crippen LogP contribution in [0.1, 0.15) is 21.5 Å². The van der Waals surface area contributed by atoms with E-state index < -0.39 is 0 Å². The van der Waals surface area contributed by atoms with Crippen molar-refractivity contribution in [1.29, 1.82) is 0 Å². The number of anilines is 3. The number of carbonyl (C=O) groups excluding carboxylic acids is 1. The first-order valence-electron chi connectivity index (χ1n) is 5.80. The van der Waals surface area contributed by atoms with Gasteiger partial charge >= 0.3 is 0 Å². The molecule has 4 heteroatoms. The highest BCUT2D eigenvalue weighted by atomic mass is 16.1. The second kappa shape index (κ2) is 3.84. The molecule has 1 amide bonds. The number of hydrogen-bond donors (Lipinski definition) is 2. The van der Waals surface area contributed by atoms with Gasteiger partial charge in [0.05, 0.1) is 16.9 Å². The summed E-state index contributed by atoms with van der Waals surface area (Å²) in [5.74, 6) is 0.463. The van der Waals surface area contributed by atoms with Crippen LogP contribution in [-0.4, -0.2) is 10.9 Å². The molecule has 18 heavy (non-hydrogen) atoms. The minimum absolute atomic E-state index is 0.132. The third-order valence-electron chi connectivity index (χ3n) is 3.19. The fraction of sp³-hybridized carbons (Fsp3) is 0.143. The first-order valence-corrected chi connectivity index (χ1v) is 5.80. The predicted octanol–water partition coefficient (Wildman–Crippen LogP) is 3.01. The van der Waals surface area contributed by atoms with Crippen molar-refractivity contribution in [2.75, 3.05) is 10.6 Å². The number of amides is 1. The van der Waals surface area contributed by atoms with Gasteiger partial charge < -0.3 is 10.6 Å². The number of carbonyl (C=O) groups is 1. The van der Waals surface area contributed by atoms with Crippen LogP contribution >= 0.6 is 0 Å². The Bertz CT molecular complexity index is 649. The van der Waals surface area contributed by atoms with E-state index >= 15 is 0 Å². The van der Waals surface area contributed by atoms with Gasteiger partial charge in [0, 0.05) is 6.20 Å². The number of nitrogens with zero attached hydrogens (tertiary/aromatic N) is 1. The lowest BCUT2D eigenvalue weighted by Gasteiger charge is -2.10. The summed E-state index contributed by atoms with van der Waals surface area (Å²) in [7, 11) is 0. The van der Waals surface area contributed by atoms with Gasteiger partial charge in [0.2, 0.25) is 0 Å². The molecular weight excluding hydrogens is 226 g/mol. The first-order chi connectivity index (χ1) is 8.65. The van der Waals surface area contributed by atoms with Gasteiger partial charge in [-0.15, -0.1) is 0 Å². The third-order valence-corrected chi connectivity index (χ3v) is 3.19. The first kappa shape index (κ1) is 10.8. The van der Waals surface area contributed by atoms with Crippen molar-refractivity contribution < 1.29 is 4.79 Å². The summed E-state index contributed by atoms with van der Waals surface area (Å²) in [5.41, 5.74) is 4.55. The zero-order chi connectivity index (χ0) is 12.7. The van der Waals surface area contributed by atoms with Crippen LogP contribution in [0, 0.1) is 13.8 Å². The van der Waals surface area contributed by atoms with E-state index in [1.54, 1.807) is 18.3 Å². The van der Waals surface area contributed by atoms with E-state index in [2.05, 4.69) is 15.6 Å². The van der Waals surface area contributed by atoms with Crippen LogP contribution in [0.3, 0.4) is 0 Å². The fourth-order valence-electron chi connectivity index (χ4n) is 2.03. The summed E-state index contributed by atoms with van der Waals surface area (Å²) < 4.78 is 0. The number of aryl methyl sites for hydroxylation is 2. The molecule has 0 radical (unpaired) electrons. The number of hydrogen-bond acceptors (Lipinski definition) is 3. The lowest BCUT2D eigenvalue weighted by molar-refractivity contribution is 0.102. The van der Waals surface area contributed by atoms with Gasteiger partial charge in [-0.05, 0) is 49.2 Å². The van der Waals surface area contributed by atoms with Gasteiger partial charge in [0.15, 0.2) is 0 Å². The molecular formula is C14H13N3O. The van der Waals surface area contributed by atoms with E-state index in [-0.39, 0.29) is 5.91 Å². The van der Waals surface area contributed by atoms with E-state index in [0.717, 1.165) is 16.9 Å². The third kappa shape index (κ3) is 1.62. The monoisotopic (exact) mass is 239 g/mol. The molecule has 1 aromatic heterocycles. The van der Waals surface area contributed by atoms with Crippen LogP contribution in [0.25, 0.3) is 0 Å². The van der Waals surface area contributed by atoms with Crippen molar-refractivity contribution in [3.63, 3.8) is 0 Å². The quantitative estimate of drug-likeness (QED) is 0.743. The van der Waals surface area contributed by atoms with Gasteiger partial charge in [-0.3, -0.25) is 4.79 Å². The molecule has 0 saturated carbocycles. The summed E-state index contributed by atoms with van der Waals surface area (Å²) in [6, 6.07) is 7.51. The maximum atomic E-state index is 12.1. The molecule has 0 unspecified atom stereocenters. The molecule has 0 atom stereocenters. The Morgan fingerprint density at radius 2 is 1.72 bits per heavy atom. The van der Waals surface area contributed by atoms with Crippen molar-refractivity contribution in [3.8, 4) is 0 Å². The second-order valence-electron chi connectivity index (χ2n) is 4.46. The number of pyridine rings is 1. The van der Waals surface area contributed by atoms with Crippen LogP contribution < -0.4 is 10.6 Å². The second-order valence-corrected chi connectivity index (χ2v) is 4.46. The molecule has 1 aliphatic heterocycles.